The highest BCUT2D eigenvalue weighted by atomic mass is 16.5. The van der Waals surface area contributed by atoms with E-state index in [1.165, 1.54) is 13.8 Å². The van der Waals surface area contributed by atoms with E-state index in [-0.39, 0.29) is 22.8 Å². The number of esters is 2. The van der Waals surface area contributed by atoms with Crippen LogP contribution in [0.1, 0.15) is 25.1 Å². The lowest BCUT2D eigenvalue weighted by molar-refractivity contribution is -0.132. The maximum atomic E-state index is 11.4. The monoisotopic (exact) mass is 310 g/mol. The van der Waals surface area contributed by atoms with Crippen molar-refractivity contribution >= 4 is 11.9 Å². The number of pyridine rings is 1. The van der Waals surface area contributed by atoms with Crippen molar-refractivity contribution in [2.75, 3.05) is 0 Å². The molecule has 0 aliphatic carbocycles. The molecule has 0 N–H and O–H groups in total. The van der Waals surface area contributed by atoms with Gasteiger partial charge in [0, 0.05) is 13.8 Å². The number of hydrogen-bond donors (Lipinski definition) is 0. The fraction of sp³-hybridized carbons (Fsp3) is 0.176. The highest BCUT2D eigenvalue weighted by molar-refractivity contribution is 5.84. The summed E-state index contributed by atoms with van der Waals surface area (Å²) in [4.78, 5) is 27.0. The van der Waals surface area contributed by atoms with Gasteiger partial charge < -0.3 is 9.47 Å². The number of benzene rings is 1. The van der Waals surface area contributed by atoms with Gasteiger partial charge in [0.25, 0.3) is 0 Å². The average Bonchev–Trinajstić information content (AvgIpc) is 2.47. The van der Waals surface area contributed by atoms with Crippen LogP contribution in [-0.4, -0.2) is 16.9 Å². The minimum atomic E-state index is -0.585. The molecule has 6 nitrogen and oxygen atoms in total. The summed E-state index contributed by atoms with van der Waals surface area (Å²) in [5, 5.41) is 9.37. The number of rotatable bonds is 3. The topological polar surface area (TPSA) is 89.3 Å². The normalized spacial score (nSPS) is 9.83. The second-order valence-corrected chi connectivity index (χ2v) is 4.75. The number of ether oxygens (including phenoxy) is 2. The van der Waals surface area contributed by atoms with Gasteiger partial charge in [-0.1, -0.05) is 30.3 Å². The second kappa shape index (κ2) is 6.71. The molecule has 0 saturated heterocycles. The molecule has 0 atom stereocenters. The lowest BCUT2D eigenvalue weighted by Crippen LogP contribution is -2.11. The Bertz CT molecular complexity index is 808. The third-order valence-corrected chi connectivity index (χ3v) is 2.96. The summed E-state index contributed by atoms with van der Waals surface area (Å²) in [7, 11) is 0. The zero-order chi connectivity index (χ0) is 17.0. The SMILES string of the molecule is CC(=O)Oc1nc(C)c(C#N)c(OC(C)=O)c1-c1ccccc1. The van der Waals surface area contributed by atoms with Crippen LogP contribution in [0.2, 0.25) is 0 Å². The Hall–Kier alpha value is -3.20. The average molecular weight is 310 g/mol. The molecule has 0 radical (unpaired) electrons. The van der Waals surface area contributed by atoms with Gasteiger partial charge in [-0.3, -0.25) is 9.59 Å². The van der Waals surface area contributed by atoms with Crippen LogP contribution in [0, 0.1) is 18.3 Å². The van der Waals surface area contributed by atoms with E-state index in [9.17, 15) is 14.9 Å². The Morgan fingerprint density at radius 2 is 1.70 bits per heavy atom. The summed E-state index contributed by atoms with van der Waals surface area (Å²) >= 11 is 0. The van der Waals surface area contributed by atoms with Crippen LogP contribution < -0.4 is 9.47 Å². The number of carbonyl (C=O) groups excluding carboxylic acids is 2. The first-order valence-electron chi connectivity index (χ1n) is 6.81. The summed E-state index contributed by atoms with van der Waals surface area (Å²) in [6, 6.07) is 10.8. The highest BCUT2D eigenvalue weighted by Gasteiger charge is 2.24. The molecule has 0 fully saturated rings. The van der Waals surface area contributed by atoms with Crippen LogP contribution in [-0.2, 0) is 9.59 Å². The van der Waals surface area contributed by atoms with Gasteiger partial charge >= 0.3 is 11.9 Å². The molecule has 0 amide bonds. The molecule has 0 spiro atoms. The predicted molar refractivity (Wildman–Crippen MR) is 81.7 cm³/mol. The van der Waals surface area contributed by atoms with Crippen LogP contribution in [0.25, 0.3) is 11.1 Å². The van der Waals surface area contributed by atoms with E-state index >= 15 is 0 Å². The minimum Gasteiger partial charge on any atom is -0.424 e. The first-order chi connectivity index (χ1) is 10.9. The summed E-state index contributed by atoms with van der Waals surface area (Å²) < 4.78 is 10.4. The van der Waals surface area contributed by atoms with Crippen molar-refractivity contribution in [1.82, 2.24) is 4.98 Å². The first-order valence-corrected chi connectivity index (χ1v) is 6.81. The summed E-state index contributed by atoms with van der Waals surface area (Å²) in [5.41, 5.74) is 1.33. The molecule has 1 aromatic heterocycles. The van der Waals surface area contributed by atoms with Crippen LogP contribution in [0.4, 0.5) is 0 Å². The van der Waals surface area contributed by atoms with Gasteiger partial charge in [0.2, 0.25) is 5.88 Å². The van der Waals surface area contributed by atoms with Gasteiger partial charge in [-0.2, -0.15) is 5.26 Å². The van der Waals surface area contributed by atoms with Gasteiger partial charge in [0.15, 0.2) is 5.75 Å². The molecule has 2 rings (SSSR count). The van der Waals surface area contributed by atoms with Crippen molar-refractivity contribution < 1.29 is 19.1 Å². The number of carbonyl (C=O) groups is 2. The van der Waals surface area contributed by atoms with Crippen molar-refractivity contribution in [2.45, 2.75) is 20.8 Å². The smallest absolute Gasteiger partial charge is 0.309 e. The Balaban J connectivity index is 2.83. The highest BCUT2D eigenvalue weighted by Crippen LogP contribution is 2.40. The zero-order valence-corrected chi connectivity index (χ0v) is 12.9. The molecule has 0 aliphatic rings. The van der Waals surface area contributed by atoms with Crippen LogP contribution >= 0.6 is 0 Å². The van der Waals surface area contributed by atoms with Crippen molar-refractivity contribution in [3.05, 3.63) is 41.6 Å². The third-order valence-electron chi connectivity index (χ3n) is 2.96. The van der Waals surface area contributed by atoms with Crippen molar-refractivity contribution in [2.24, 2.45) is 0 Å². The maximum Gasteiger partial charge on any atom is 0.309 e. The van der Waals surface area contributed by atoms with Crippen LogP contribution in [0.15, 0.2) is 30.3 Å². The zero-order valence-electron chi connectivity index (χ0n) is 12.9. The number of aryl methyl sites for hydroxylation is 1. The van der Waals surface area contributed by atoms with Gasteiger partial charge in [-0.05, 0) is 12.5 Å². The number of nitriles is 1. The molecule has 1 heterocycles. The molecular formula is C17H14N2O4. The van der Waals surface area contributed by atoms with E-state index in [1.54, 1.807) is 31.2 Å². The standard InChI is InChI=1S/C17H14N2O4/c1-10-14(9-18)16(22-11(2)20)15(13-7-5-4-6-8-13)17(19-10)23-12(3)21/h4-8H,1-3H3. The fourth-order valence-corrected chi connectivity index (χ4v) is 2.10. The maximum absolute atomic E-state index is 11.4. The molecular weight excluding hydrogens is 296 g/mol. The molecule has 2 aromatic rings. The summed E-state index contributed by atoms with van der Waals surface area (Å²) in [5.74, 6) is -1.11. The Morgan fingerprint density at radius 1 is 1.09 bits per heavy atom. The van der Waals surface area contributed by atoms with E-state index in [1.807, 2.05) is 12.1 Å². The summed E-state index contributed by atoms with van der Waals surface area (Å²) in [6.45, 7) is 4.06. The number of nitrogens with zero attached hydrogens (tertiary/aromatic N) is 2. The van der Waals surface area contributed by atoms with Crippen LogP contribution in [0.3, 0.4) is 0 Å². The lowest BCUT2D eigenvalue weighted by Gasteiger charge is -2.15. The molecule has 0 unspecified atom stereocenters. The number of hydrogen-bond acceptors (Lipinski definition) is 6. The predicted octanol–water partition coefficient (Wildman–Crippen LogP) is 2.78. The molecule has 6 heteroatoms. The largest absolute Gasteiger partial charge is 0.424 e. The van der Waals surface area contributed by atoms with Gasteiger partial charge in [-0.25, -0.2) is 4.98 Å². The van der Waals surface area contributed by atoms with Crippen LogP contribution in [0.5, 0.6) is 11.6 Å². The third kappa shape index (κ3) is 3.52. The van der Waals surface area contributed by atoms with E-state index in [2.05, 4.69) is 4.98 Å². The van der Waals surface area contributed by atoms with E-state index < -0.39 is 11.9 Å². The Kier molecular flexibility index (Phi) is 4.72. The second-order valence-electron chi connectivity index (χ2n) is 4.75. The lowest BCUT2D eigenvalue weighted by atomic mass is 10.0. The molecule has 0 saturated carbocycles. The Labute approximate surface area is 133 Å². The van der Waals surface area contributed by atoms with Crippen molar-refractivity contribution in [3.8, 4) is 28.8 Å². The number of aromatic nitrogens is 1. The Morgan fingerprint density at radius 3 is 2.22 bits per heavy atom. The quantitative estimate of drug-likeness (QED) is 0.810. The van der Waals surface area contributed by atoms with E-state index in [0.717, 1.165) is 0 Å². The molecule has 23 heavy (non-hydrogen) atoms. The van der Waals surface area contributed by atoms with Gasteiger partial charge in [0.1, 0.15) is 11.6 Å². The fourth-order valence-electron chi connectivity index (χ4n) is 2.10. The molecule has 0 bridgehead atoms. The molecule has 1 aromatic carbocycles. The molecule has 116 valence electrons. The summed E-state index contributed by atoms with van der Waals surface area (Å²) in [6.07, 6.45) is 0. The van der Waals surface area contributed by atoms with Gasteiger partial charge in [0.05, 0.1) is 11.3 Å². The van der Waals surface area contributed by atoms with E-state index in [4.69, 9.17) is 9.47 Å². The first kappa shape index (κ1) is 16.2. The molecule has 0 aliphatic heterocycles. The minimum absolute atomic E-state index is 0.00329. The van der Waals surface area contributed by atoms with Gasteiger partial charge in [-0.15, -0.1) is 0 Å². The van der Waals surface area contributed by atoms with Crippen molar-refractivity contribution in [1.29, 1.82) is 5.26 Å². The van der Waals surface area contributed by atoms with Crippen molar-refractivity contribution in [3.63, 3.8) is 0 Å². The van der Waals surface area contributed by atoms with E-state index in [0.29, 0.717) is 11.3 Å².